The van der Waals surface area contributed by atoms with E-state index in [1.54, 1.807) is 12.2 Å². The van der Waals surface area contributed by atoms with Crippen LogP contribution in [0, 0.1) is 13.8 Å². The quantitative estimate of drug-likeness (QED) is 0.585. The molecule has 0 fully saturated rings. The van der Waals surface area contributed by atoms with Gasteiger partial charge < -0.3 is 10.1 Å². The van der Waals surface area contributed by atoms with Crippen LogP contribution in [0.4, 0.5) is 0 Å². The minimum absolute atomic E-state index is 0.131. The summed E-state index contributed by atoms with van der Waals surface area (Å²) in [6.45, 7) is 7.79. The van der Waals surface area contributed by atoms with Gasteiger partial charge in [0, 0.05) is 23.9 Å². The van der Waals surface area contributed by atoms with Crippen molar-refractivity contribution in [3.63, 3.8) is 0 Å². The number of amides is 1. The maximum atomic E-state index is 12.2. The van der Waals surface area contributed by atoms with E-state index in [0.717, 1.165) is 34.8 Å². The lowest BCUT2D eigenvalue weighted by molar-refractivity contribution is -0.116. The Balaban J connectivity index is 1.58. The molecular weight excluding hydrogens is 362 g/mol. The number of nitrogens with zero attached hydrogens (tertiary/aromatic N) is 2. The molecule has 5 heteroatoms. The largest absolute Gasteiger partial charge is 0.494 e. The molecule has 150 valence electrons. The molecular formula is C24H27N3O2. The summed E-state index contributed by atoms with van der Waals surface area (Å²) in [5, 5.41) is 7.59. The van der Waals surface area contributed by atoms with Gasteiger partial charge >= 0.3 is 0 Å². The van der Waals surface area contributed by atoms with Crippen LogP contribution in [0.25, 0.3) is 6.08 Å². The van der Waals surface area contributed by atoms with Crippen molar-refractivity contribution in [1.29, 1.82) is 0 Å². The summed E-state index contributed by atoms with van der Waals surface area (Å²) in [6.07, 6.45) is 3.35. The molecule has 3 aromatic rings. The fourth-order valence-electron chi connectivity index (χ4n) is 3.15. The Bertz CT molecular complexity index is 973. The van der Waals surface area contributed by atoms with Gasteiger partial charge in [-0.2, -0.15) is 5.10 Å². The average Bonchev–Trinajstić information content (AvgIpc) is 2.99. The van der Waals surface area contributed by atoms with Gasteiger partial charge in [-0.3, -0.25) is 9.48 Å². The molecule has 29 heavy (non-hydrogen) atoms. The standard InChI is InChI=1S/C24H27N3O2/c1-4-29-22-13-10-20(11-14-22)12-15-24(28)25-16-23-18(2)26-27(19(23)3)17-21-8-6-5-7-9-21/h5-15H,4,16-17H2,1-3H3,(H,25,28)/b15-12+. The molecule has 1 N–H and O–H groups in total. The van der Waals surface area contributed by atoms with Gasteiger partial charge in [0.25, 0.3) is 0 Å². The number of aryl methyl sites for hydroxylation is 1. The summed E-state index contributed by atoms with van der Waals surface area (Å²) >= 11 is 0. The molecule has 2 aromatic carbocycles. The van der Waals surface area contributed by atoms with Gasteiger partial charge in [-0.15, -0.1) is 0 Å². The predicted octanol–water partition coefficient (Wildman–Crippen LogP) is 4.28. The van der Waals surface area contributed by atoms with Crippen molar-refractivity contribution < 1.29 is 9.53 Å². The van der Waals surface area contributed by atoms with Gasteiger partial charge in [-0.1, -0.05) is 42.5 Å². The highest BCUT2D eigenvalue weighted by atomic mass is 16.5. The summed E-state index contributed by atoms with van der Waals surface area (Å²) in [7, 11) is 0. The highest BCUT2D eigenvalue weighted by Gasteiger charge is 2.12. The van der Waals surface area contributed by atoms with Crippen LogP contribution in [0.3, 0.4) is 0 Å². The fourth-order valence-corrected chi connectivity index (χ4v) is 3.15. The summed E-state index contributed by atoms with van der Waals surface area (Å²) in [4.78, 5) is 12.2. The van der Waals surface area contributed by atoms with Crippen molar-refractivity contribution in [2.24, 2.45) is 0 Å². The Labute approximate surface area is 172 Å². The van der Waals surface area contributed by atoms with Crippen LogP contribution in [0.15, 0.2) is 60.7 Å². The van der Waals surface area contributed by atoms with E-state index in [-0.39, 0.29) is 5.91 Å². The second kappa shape index (κ2) is 9.73. The molecule has 1 heterocycles. The van der Waals surface area contributed by atoms with E-state index in [0.29, 0.717) is 13.2 Å². The number of ether oxygens (including phenoxy) is 1. The zero-order chi connectivity index (χ0) is 20.6. The first kappa shape index (κ1) is 20.4. The van der Waals surface area contributed by atoms with Crippen LogP contribution >= 0.6 is 0 Å². The first-order chi connectivity index (χ1) is 14.1. The third kappa shape index (κ3) is 5.57. The van der Waals surface area contributed by atoms with Crippen molar-refractivity contribution in [1.82, 2.24) is 15.1 Å². The number of rotatable bonds is 8. The molecule has 1 aromatic heterocycles. The molecule has 0 spiro atoms. The van der Waals surface area contributed by atoms with Crippen LogP contribution in [0.1, 0.15) is 35.0 Å². The van der Waals surface area contributed by atoms with Crippen molar-refractivity contribution >= 4 is 12.0 Å². The highest BCUT2D eigenvalue weighted by Crippen LogP contribution is 2.15. The first-order valence-corrected chi connectivity index (χ1v) is 9.82. The van der Waals surface area contributed by atoms with Gasteiger partial charge in [0.2, 0.25) is 5.91 Å². The van der Waals surface area contributed by atoms with Crippen molar-refractivity contribution in [3.05, 3.63) is 88.8 Å². The number of aromatic nitrogens is 2. The van der Waals surface area contributed by atoms with Crippen LogP contribution < -0.4 is 10.1 Å². The lowest BCUT2D eigenvalue weighted by atomic mass is 10.2. The minimum Gasteiger partial charge on any atom is -0.494 e. The predicted molar refractivity (Wildman–Crippen MR) is 116 cm³/mol. The Kier molecular flexibility index (Phi) is 6.85. The lowest BCUT2D eigenvalue weighted by Crippen LogP contribution is -2.21. The third-order valence-corrected chi connectivity index (χ3v) is 4.76. The molecule has 0 atom stereocenters. The number of carbonyl (C=O) groups is 1. The summed E-state index contributed by atoms with van der Waals surface area (Å²) < 4.78 is 7.41. The summed E-state index contributed by atoms with van der Waals surface area (Å²) in [5.74, 6) is 0.695. The topological polar surface area (TPSA) is 56.1 Å². The van der Waals surface area contributed by atoms with Gasteiger partial charge in [0.1, 0.15) is 5.75 Å². The Morgan fingerprint density at radius 3 is 2.52 bits per heavy atom. The third-order valence-electron chi connectivity index (χ3n) is 4.76. The molecule has 0 bridgehead atoms. The zero-order valence-corrected chi connectivity index (χ0v) is 17.2. The van der Waals surface area contributed by atoms with Crippen LogP contribution in [-0.4, -0.2) is 22.3 Å². The second-order valence-corrected chi connectivity index (χ2v) is 6.85. The monoisotopic (exact) mass is 389 g/mol. The normalized spacial score (nSPS) is 11.0. The lowest BCUT2D eigenvalue weighted by Gasteiger charge is -2.06. The van der Waals surface area contributed by atoms with E-state index in [9.17, 15) is 4.79 Å². The molecule has 0 aliphatic carbocycles. The van der Waals surface area contributed by atoms with Gasteiger partial charge in [-0.05, 0) is 50.1 Å². The Morgan fingerprint density at radius 2 is 1.83 bits per heavy atom. The van der Waals surface area contributed by atoms with Crippen molar-refractivity contribution in [3.8, 4) is 5.75 Å². The molecule has 0 saturated heterocycles. The molecule has 0 aliphatic rings. The maximum Gasteiger partial charge on any atom is 0.244 e. The Hall–Kier alpha value is -3.34. The minimum atomic E-state index is -0.131. The molecule has 0 aliphatic heterocycles. The average molecular weight is 389 g/mol. The van der Waals surface area contributed by atoms with Crippen LogP contribution in [-0.2, 0) is 17.9 Å². The van der Waals surface area contributed by atoms with Gasteiger partial charge in [0.15, 0.2) is 0 Å². The molecule has 0 radical (unpaired) electrons. The van der Waals surface area contributed by atoms with Crippen LogP contribution in [0.2, 0.25) is 0 Å². The van der Waals surface area contributed by atoms with E-state index in [1.807, 2.05) is 67.9 Å². The summed E-state index contributed by atoms with van der Waals surface area (Å²) in [5.41, 5.74) is 5.22. The number of hydrogen-bond donors (Lipinski definition) is 1. The molecule has 0 unspecified atom stereocenters. The van der Waals surface area contributed by atoms with Crippen LogP contribution in [0.5, 0.6) is 5.75 Å². The van der Waals surface area contributed by atoms with E-state index in [2.05, 4.69) is 22.5 Å². The maximum absolute atomic E-state index is 12.2. The Morgan fingerprint density at radius 1 is 1.10 bits per heavy atom. The smallest absolute Gasteiger partial charge is 0.244 e. The fraction of sp³-hybridized carbons (Fsp3) is 0.250. The number of benzene rings is 2. The van der Waals surface area contributed by atoms with Crippen molar-refractivity contribution in [2.45, 2.75) is 33.9 Å². The van der Waals surface area contributed by atoms with E-state index in [4.69, 9.17) is 4.74 Å². The van der Waals surface area contributed by atoms with Gasteiger partial charge in [0.05, 0.1) is 18.8 Å². The van der Waals surface area contributed by atoms with E-state index < -0.39 is 0 Å². The van der Waals surface area contributed by atoms with E-state index in [1.165, 1.54) is 5.56 Å². The number of carbonyl (C=O) groups excluding carboxylic acids is 1. The second-order valence-electron chi connectivity index (χ2n) is 6.85. The van der Waals surface area contributed by atoms with Crippen molar-refractivity contribution in [2.75, 3.05) is 6.61 Å². The zero-order valence-electron chi connectivity index (χ0n) is 17.2. The van der Waals surface area contributed by atoms with E-state index >= 15 is 0 Å². The molecule has 0 saturated carbocycles. The summed E-state index contributed by atoms with van der Waals surface area (Å²) in [6, 6.07) is 17.9. The number of nitrogens with one attached hydrogen (secondary N) is 1. The van der Waals surface area contributed by atoms with Gasteiger partial charge in [-0.25, -0.2) is 0 Å². The number of hydrogen-bond acceptors (Lipinski definition) is 3. The first-order valence-electron chi connectivity index (χ1n) is 9.82. The molecule has 1 amide bonds. The highest BCUT2D eigenvalue weighted by molar-refractivity contribution is 5.91. The SMILES string of the molecule is CCOc1ccc(/C=C/C(=O)NCc2c(C)nn(Cc3ccccc3)c2C)cc1. The molecule has 5 nitrogen and oxygen atoms in total. The molecule has 3 rings (SSSR count).